The lowest BCUT2D eigenvalue weighted by atomic mass is 9.68. The average Bonchev–Trinajstić information content (AvgIpc) is 2.44. The highest BCUT2D eigenvalue weighted by Gasteiger charge is 2.36. The molecule has 1 amide bonds. The Morgan fingerprint density at radius 1 is 1.38 bits per heavy atom. The van der Waals surface area contributed by atoms with Crippen molar-refractivity contribution in [3.8, 4) is 5.75 Å². The average molecular weight is 290 g/mol. The highest BCUT2D eigenvalue weighted by atomic mass is 16.5. The molecular formula is C17H26N2O2. The van der Waals surface area contributed by atoms with E-state index in [1.54, 1.807) is 6.07 Å². The van der Waals surface area contributed by atoms with E-state index >= 15 is 0 Å². The molecule has 1 atom stereocenters. The van der Waals surface area contributed by atoms with Crippen LogP contribution in [0, 0.1) is 11.3 Å². The molecule has 21 heavy (non-hydrogen) atoms. The zero-order valence-corrected chi connectivity index (χ0v) is 13.0. The predicted molar refractivity (Wildman–Crippen MR) is 85.1 cm³/mol. The van der Waals surface area contributed by atoms with Crippen molar-refractivity contribution in [1.82, 2.24) is 5.32 Å². The van der Waals surface area contributed by atoms with E-state index in [-0.39, 0.29) is 17.2 Å². The van der Waals surface area contributed by atoms with E-state index in [4.69, 9.17) is 10.5 Å². The number of amides is 1. The minimum atomic E-state index is 0.104. The molecule has 1 aliphatic carbocycles. The molecule has 0 saturated heterocycles. The van der Waals surface area contributed by atoms with Crippen molar-refractivity contribution < 1.29 is 9.53 Å². The van der Waals surface area contributed by atoms with Gasteiger partial charge in [0.25, 0.3) is 0 Å². The third-order valence-electron chi connectivity index (χ3n) is 4.40. The maximum Gasteiger partial charge on any atom is 0.223 e. The van der Waals surface area contributed by atoms with Crippen LogP contribution in [0.1, 0.15) is 39.5 Å². The first-order chi connectivity index (χ1) is 10.0. The summed E-state index contributed by atoms with van der Waals surface area (Å²) >= 11 is 0. The van der Waals surface area contributed by atoms with E-state index in [1.165, 1.54) is 6.42 Å². The summed E-state index contributed by atoms with van der Waals surface area (Å²) in [7, 11) is 0. The Hall–Kier alpha value is -1.71. The van der Waals surface area contributed by atoms with Crippen LogP contribution in [0.3, 0.4) is 0 Å². The number of hydrogen-bond acceptors (Lipinski definition) is 3. The number of rotatable bonds is 5. The molecule has 0 radical (unpaired) electrons. The van der Waals surface area contributed by atoms with Gasteiger partial charge < -0.3 is 15.8 Å². The molecule has 0 bridgehead atoms. The number of nitrogens with two attached hydrogens (primary N) is 1. The molecule has 116 valence electrons. The molecule has 0 heterocycles. The highest BCUT2D eigenvalue weighted by molar-refractivity contribution is 5.79. The molecule has 0 aromatic heterocycles. The minimum Gasteiger partial charge on any atom is -0.490 e. The summed E-state index contributed by atoms with van der Waals surface area (Å²) in [5.41, 5.74) is 6.53. The number of carbonyl (C=O) groups excluding carboxylic acids is 1. The fourth-order valence-electron chi connectivity index (χ4n) is 3.05. The summed E-state index contributed by atoms with van der Waals surface area (Å²) < 4.78 is 5.59. The van der Waals surface area contributed by atoms with Gasteiger partial charge in [-0.05, 0) is 30.4 Å². The Balaban J connectivity index is 1.76. The Morgan fingerprint density at radius 2 is 2.14 bits per heavy atom. The fourth-order valence-corrected chi connectivity index (χ4v) is 3.05. The van der Waals surface area contributed by atoms with E-state index in [2.05, 4.69) is 19.2 Å². The maximum atomic E-state index is 12.3. The molecule has 1 saturated carbocycles. The molecule has 4 nitrogen and oxygen atoms in total. The zero-order valence-electron chi connectivity index (χ0n) is 13.0. The van der Waals surface area contributed by atoms with Crippen molar-refractivity contribution in [3.05, 3.63) is 24.3 Å². The van der Waals surface area contributed by atoms with Crippen molar-refractivity contribution in [2.75, 3.05) is 18.9 Å². The second-order valence-corrected chi connectivity index (χ2v) is 6.46. The Kier molecular flexibility index (Phi) is 5.10. The highest BCUT2D eigenvalue weighted by Crippen LogP contribution is 2.40. The molecule has 4 heteroatoms. The monoisotopic (exact) mass is 290 g/mol. The minimum absolute atomic E-state index is 0.104. The summed E-state index contributed by atoms with van der Waals surface area (Å²) in [6, 6.07) is 7.39. The standard InChI is InChI=1S/C17H26N2O2/c1-17(2)10-6-5-7-13(17)16(20)19-11-12-21-15-9-4-3-8-14(15)18/h3-4,8-9,13H,5-7,10-12,18H2,1-2H3,(H,19,20). The first-order valence-electron chi connectivity index (χ1n) is 7.76. The number of anilines is 1. The summed E-state index contributed by atoms with van der Waals surface area (Å²) in [5, 5.41) is 2.99. The van der Waals surface area contributed by atoms with Crippen LogP contribution in [0.4, 0.5) is 5.69 Å². The van der Waals surface area contributed by atoms with E-state index in [1.807, 2.05) is 18.2 Å². The van der Waals surface area contributed by atoms with Crippen LogP contribution in [0.25, 0.3) is 0 Å². The van der Waals surface area contributed by atoms with Gasteiger partial charge in [-0.15, -0.1) is 0 Å². The van der Waals surface area contributed by atoms with E-state index in [9.17, 15) is 4.79 Å². The molecule has 3 N–H and O–H groups in total. The molecule has 1 aromatic rings. The van der Waals surface area contributed by atoms with Crippen LogP contribution in [-0.2, 0) is 4.79 Å². The lowest BCUT2D eigenvalue weighted by Gasteiger charge is -2.37. The van der Waals surface area contributed by atoms with Crippen molar-refractivity contribution >= 4 is 11.6 Å². The lowest BCUT2D eigenvalue weighted by molar-refractivity contribution is -0.130. The van der Waals surface area contributed by atoms with Gasteiger partial charge in [0.15, 0.2) is 0 Å². The first kappa shape index (κ1) is 15.7. The van der Waals surface area contributed by atoms with Crippen LogP contribution in [0.2, 0.25) is 0 Å². The van der Waals surface area contributed by atoms with Crippen LogP contribution < -0.4 is 15.8 Å². The van der Waals surface area contributed by atoms with Crippen molar-refractivity contribution in [1.29, 1.82) is 0 Å². The van der Waals surface area contributed by atoms with Crippen LogP contribution in [0.15, 0.2) is 24.3 Å². The third kappa shape index (κ3) is 4.13. The van der Waals surface area contributed by atoms with Crippen molar-refractivity contribution in [2.45, 2.75) is 39.5 Å². The molecule has 1 aromatic carbocycles. The zero-order chi connectivity index (χ0) is 15.3. The number of benzene rings is 1. The van der Waals surface area contributed by atoms with Gasteiger partial charge in [0.05, 0.1) is 12.2 Å². The number of nitrogen functional groups attached to an aromatic ring is 1. The second kappa shape index (κ2) is 6.83. The largest absolute Gasteiger partial charge is 0.490 e. The van der Waals surface area contributed by atoms with E-state index in [0.29, 0.717) is 24.6 Å². The number of carbonyl (C=O) groups is 1. The van der Waals surface area contributed by atoms with Crippen LogP contribution >= 0.6 is 0 Å². The third-order valence-corrected chi connectivity index (χ3v) is 4.40. The molecule has 1 unspecified atom stereocenters. The lowest BCUT2D eigenvalue weighted by Crippen LogP contribution is -2.42. The molecule has 1 fully saturated rings. The SMILES string of the molecule is CC1(C)CCCCC1C(=O)NCCOc1ccccc1N. The van der Waals surface area contributed by atoms with E-state index in [0.717, 1.165) is 19.3 Å². The second-order valence-electron chi connectivity index (χ2n) is 6.46. The first-order valence-corrected chi connectivity index (χ1v) is 7.76. The summed E-state index contributed by atoms with van der Waals surface area (Å²) in [4.78, 5) is 12.3. The molecule has 0 aliphatic heterocycles. The number of para-hydroxylation sites is 2. The van der Waals surface area contributed by atoms with Gasteiger partial charge in [0, 0.05) is 5.92 Å². The molecule has 1 aliphatic rings. The summed E-state index contributed by atoms with van der Waals surface area (Å²) in [6.07, 6.45) is 4.50. The van der Waals surface area contributed by atoms with Gasteiger partial charge in [0.2, 0.25) is 5.91 Å². The Morgan fingerprint density at radius 3 is 2.86 bits per heavy atom. The Labute approximate surface area is 127 Å². The van der Waals surface area contributed by atoms with E-state index < -0.39 is 0 Å². The van der Waals surface area contributed by atoms with Gasteiger partial charge >= 0.3 is 0 Å². The van der Waals surface area contributed by atoms with Gasteiger partial charge in [0.1, 0.15) is 12.4 Å². The van der Waals surface area contributed by atoms with Gasteiger partial charge in [-0.3, -0.25) is 4.79 Å². The molecular weight excluding hydrogens is 264 g/mol. The smallest absolute Gasteiger partial charge is 0.223 e. The quantitative estimate of drug-likeness (QED) is 0.647. The maximum absolute atomic E-state index is 12.3. The Bertz CT molecular complexity index is 485. The topological polar surface area (TPSA) is 64.3 Å². The molecule has 2 rings (SSSR count). The fraction of sp³-hybridized carbons (Fsp3) is 0.588. The predicted octanol–water partition coefficient (Wildman–Crippen LogP) is 2.98. The van der Waals surface area contributed by atoms with Gasteiger partial charge in [-0.1, -0.05) is 38.8 Å². The summed E-state index contributed by atoms with van der Waals surface area (Å²) in [5.74, 6) is 0.946. The number of nitrogens with one attached hydrogen (secondary N) is 1. The van der Waals surface area contributed by atoms with Crippen LogP contribution in [-0.4, -0.2) is 19.1 Å². The summed E-state index contributed by atoms with van der Waals surface area (Å²) in [6.45, 7) is 5.34. The van der Waals surface area contributed by atoms with Crippen molar-refractivity contribution in [3.63, 3.8) is 0 Å². The number of ether oxygens (including phenoxy) is 1. The van der Waals surface area contributed by atoms with Gasteiger partial charge in [-0.2, -0.15) is 0 Å². The van der Waals surface area contributed by atoms with Crippen molar-refractivity contribution in [2.24, 2.45) is 11.3 Å². The number of hydrogen-bond donors (Lipinski definition) is 2. The van der Waals surface area contributed by atoms with Gasteiger partial charge in [-0.25, -0.2) is 0 Å². The normalized spacial score (nSPS) is 20.8. The van der Waals surface area contributed by atoms with Crippen LogP contribution in [0.5, 0.6) is 5.75 Å². The molecule has 0 spiro atoms.